The lowest BCUT2D eigenvalue weighted by Gasteiger charge is -1.96. The maximum absolute atomic E-state index is 11.8. The van der Waals surface area contributed by atoms with Crippen molar-refractivity contribution in [3.63, 3.8) is 0 Å². The fraction of sp³-hybridized carbons (Fsp3) is 0.400. The van der Waals surface area contributed by atoms with Crippen LogP contribution in [0.4, 0.5) is 0 Å². The van der Waals surface area contributed by atoms with Crippen LogP contribution < -0.4 is 0 Å². The van der Waals surface area contributed by atoms with Crippen LogP contribution in [0.15, 0.2) is 12.4 Å². The summed E-state index contributed by atoms with van der Waals surface area (Å²) in [5.41, 5.74) is 1.80. The number of ketones is 1. The third-order valence-corrected chi connectivity index (χ3v) is 3.17. The van der Waals surface area contributed by atoms with E-state index >= 15 is 0 Å². The second-order valence-electron chi connectivity index (χ2n) is 3.63. The molecule has 5 nitrogen and oxygen atoms in total. The number of rotatable bonds is 4. The molecule has 0 saturated heterocycles. The van der Waals surface area contributed by atoms with Crippen LogP contribution in [0.25, 0.3) is 0 Å². The first-order valence-corrected chi connectivity index (χ1v) is 5.74. The molecule has 0 saturated carbocycles. The van der Waals surface area contributed by atoms with Gasteiger partial charge in [0.05, 0.1) is 11.9 Å². The topological polar surface area (TPSA) is 60.7 Å². The zero-order valence-electron chi connectivity index (χ0n) is 9.17. The van der Waals surface area contributed by atoms with Gasteiger partial charge in [0.15, 0.2) is 5.78 Å². The molecule has 0 amide bonds. The van der Waals surface area contributed by atoms with E-state index in [9.17, 15) is 4.79 Å². The van der Waals surface area contributed by atoms with E-state index in [1.807, 2.05) is 13.2 Å². The van der Waals surface area contributed by atoms with E-state index in [1.54, 1.807) is 17.8 Å². The first-order chi connectivity index (χ1) is 7.66. The van der Waals surface area contributed by atoms with Crippen LogP contribution in [0.2, 0.25) is 0 Å². The Morgan fingerprint density at radius 1 is 1.56 bits per heavy atom. The van der Waals surface area contributed by atoms with Gasteiger partial charge in [0.25, 0.3) is 0 Å². The number of Topliss-reactive ketones (excluding diaryl/α,β-unsaturated/α-hetero) is 1. The summed E-state index contributed by atoms with van der Waals surface area (Å²) in [6.07, 6.45) is 4.90. The summed E-state index contributed by atoms with van der Waals surface area (Å²) in [6, 6.07) is 0. The average Bonchev–Trinajstić information content (AvgIpc) is 2.84. The van der Waals surface area contributed by atoms with E-state index in [0.717, 1.165) is 11.3 Å². The van der Waals surface area contributed by atoms with E-state index in [2.05, 4.69) is 14.7 Å². The lowest BCUT2D eigenvalue weighted by molar-refractivity contribution is 0.0986. The van der Waals surface area contributed by atoms with Crippen molar-refractivity contribution < 1.29 is 4.79 Å². The zero-order valence-corrected chi connectivity index (χ0v) is 9.99. The van der Waals surface area contributed by atoms with Gasteiger partial charge in [-0.05, 0) is 30.4 Å². The van der Waals surface area contributed by atoms with E-state index in [1.165, 1.54) is 11.5 Å². The van der Waals surface area contributed by atoms with Crippen molar-refractivity contribution in [3.8, 4) is 0 Å². The summed E-state index contributed by atoms with van der Waals surface area (Å²) in [4.78, 5) is 12.5. The Balaban J connectivity index is 1.96. The van der Waals surface area contributed by atoms with Crippen molar-refractivity contribution in [2.24, 2.45) is 7.05 Å². The molecule has 0 bridgehead atoms. The first kappa shape index (κ1) is 10.9. The maximum Gasteiger partial charge on any atom is 0.176 e. The molecule has 0 aromatic carbocycles. The molecule has 2 aromatic heterocycles. The third kappa shape index (κ3) is 2.33. The van der Waals surface area contributed by atoms with Gasteiger partial charge in [-0.15, -0.1) is 5.10 Å². The van der Waals surface area contributed by atoms with Gasteiger partial charge in [-0.2, -0.15) is 5.10 Å². The van der Waals surface area contributed by atoms with Crippen LogP contribution in [0.3, 0.4) is 0 Å². The molecule has 2 rings (SSSR count). The van der Waals surface area contributed by atoms with Gasteiger partial charge in [-0.25, -0.2) is 0 Å². The van der Waals surface area contributed by atoms with Crippen molar-refractivity contribution in [1.29, 1.82) is 0 Å². The molecule has 0 N–H and O–H groups in total. The molecule has 2 aromatic rings. The lowest BCUT2D eigenvalue weighted by atomic mass is 10.1. The molecule has 0 radical (unpaired) electrons. The van der Waals surface area contributed by atoms with Gasteiger partial charge in [-0.1, -0.05) is 4.49 Å². The number of nitrogens with zero attached hydrogens (tertiary/aromatic N) is 4. The minimum Gasteiger partial charge on any atom is -0.293 e. The summed E-state index contributed by atoms with van der Waals surface area (Å²) < 4.78 is 5.49. The fourth-order valence-corrected chi connectivity index (χ4v) is 2.08. The van der Waals surface area contributed by atoms with Crippen molar-refractivity contribution in [1.82, 2.24) is 19.4 Å². The van der Waals surface area contributed by atoms with Gasteiger partial charge in [0.2, 0.25) is 0 Å². The summed E-state index contributed by atoms with van der Waals surface area (Å²) >= 11 is 1.17. The number of aromatic nitrogens is 4. The Kier molecular flexibility index (Phi) is 3.09. The molecule has 2 heterocycles. The minimum absolute atomic E-state index is 0.108. The van der Waals surface area contributed by atoms with Gasteiger partial charge in [0, 0.05) is 19.7 Å². The van der Waals surface area contributed by atoms with Gasteiger partial charge < -0.3 is 0 Å². The summed E-state index contributed by atoms with van der Waals surface area (Å²) in [5.74, 6) is 0.108. The Hall–Kier alpha value is -1.56. The van der Waals surface area contributed by atoms with Crippen LogP contribution in [0.1, 0.15) is 27.3 Å². The Morgan fingerprint density at radius 3 is 2.94 bits per heavy atom. The molecule has 0 spiro atoms. The number of carbonyl (C=O) groups is 1. The second kappa shape index (κ2) is 4.52. The number of hydrogen-bond acceptors (Lipinski definition) is 5. The smallest absolute Gasteiger partial charge is 0.176 e. The summed E-state index contributed by atoms with van der Waals surface area (Å²) in [7, 11) is 1.86. The first-order valence-electron chi connectivity index (χ1n) is 4.96. The molecular weight excluding hydrogens is 224 g/mol. The molecule has 84 valence electrons. The maximum atomic E-state index is 11.8. The van der Waals surface area contributed by atoms with E-state index < -0.39 is 0 Å². The van der Waals surface area contributed by atoms with E-state index in [-0.39, 0.29) is 5.78 Å². The van der Waals surface area contributed by atoms with Crippen LogP contribution in [-0.4, -0.2) is 25.2 Å². The van der Waals surface area contributed by atoms with Crippen molar-refractivity contribution in [2.75, 3.05) is 0 Å². The molecule has 0 unspecified atom stereocenters. The number of hydrogen-bond donors (Lipinski definition) is 0. The second-order valence-corrected chi connectivity index (χ2v) is 4.39. The Labute approximate surface area is 97.3 Å². The van der Waals surface area contributed by atoms with Gasteiger partial charge >= 0.3 is 0 Å². The highest BCUT2D eigenvalue weighted by Gasteiger charge is 2.13. The molecule has 0 aliphatic heterocycles. The van der Waals surface area contributed by atoms with Crippen LogP contribution in [-0.2, 0) is 13.5 Å². The predicted octanol–water partition coefficient (Wildman–Crippen LogP) is 1.40. The molecule has 16 heavy (non-hydrogen) atoms. The van der Waals surface area contributed by atoms with Crippen LogP contribution >= 0.6 is 11.5 Å². The van der Waals surface area contributed by atoms with Crippen molar-refractivity contribution >= 4 is 17.3 Å². The zero-order chi connectivity index (χ0) is 11.5. The van der Waals surface area contributed by atoms with E-state index in [0.29, 0.717) is 17.7 Å². The van der Waals surface area contributed by atoms with Crippen LogP contribution in [0.5, 0.6) is 0 Å². The monoisotopic (exact) mass is 236 g/mol. The molecular formula is C10H12N4OS. The van der Waals surface area contributed by atoms with E-state index in [4.69, 9.17) is 0 Å². The highest BCUT2D eigenvalue weighted by atomic mass is 32.1. The normalized spacial score (nSPS) is 10.6. The molecule has 0 fully saturated rings. The number of carbonyl (C=O) groups excluding carboxylic acids is 1. The average molecular weight is 236 g/mol. The van der Waals surface area contributed by atoms with Crippen molar-refractivity contribution in [2.45, 2.75) is 19.8 Å². The number of aryl methyl sites for hydroxylation is 3. The summed E-state index contributed by atoms with van der Waals surface area (Å²) in [6.45, 7) is 1.81. The largest absolute Gasteiger partial charge is 0.293 e. The Morgan fingerprint density at radius 2 is 2.38 bits per heavy atom. The highest BCUT2D eigenvalue weighted by Crippen LogP contribution is 2.13. The van der Waals surface area contributed by atoms with Gasteiger partial charge in [0.1, 0.15) is 4.88 Å². The predicted molar refractivity (Wildman–Crippen MR) is 60.5 cm³/mol. The quantitative estimate of drug-likeness (QED) is 0.753. The standard InChI is InChI=1S/C10H12N4OS/c1-7-10(16-13-12-7)9(15)4-3-8-5-11-14(2)6-8/h5-6H,3-4H2,1-2H3. The molecule has 0 aliphatic rings. The molecule has 0 aliphatic carbocycles. The molecule has 6 heteroatoms. The highest BCUT2D eigenvalue weighted by molar-refractivity contribution is 7.08. The SMILES string of the molecule is Cc1nnsc1C(=O)CCc1cnn(C)c1. The van der Waals surface area contributed by atoms with Crippen molar-refractivity contribution in [3.05, 3.63) is 28.5 Å². The Bertz CT molecular complexity index is 502. The lowest BCUT2D eigenvalue weighted by Crippen LogP contribution is -2.00. The minimum atomic E-state index is 0.108. The molecule has 0 atom stereocenters. The third-order valence-electron chi connectivity index (χ3n) is 2.30. The summed E-state index contributed by atoms with van der Waals surface area (Å²) in [5, 5.41) is 7.89. The van der Waals surface area contributed by atoms with Crippen LogP contribution in [0, 0.1) is 6.92 Å². The van der Waals surface area contributed by atoms with Gasteiger partial charge in [-0.3, -0.25) is 9.48 Å². The fourth-order valence-electron chi connectivity index (χ4n) is 1.46.